The van der Waals surface area contributed by atoms with E-state index in [4.69, 9.17) is 0 Å². The summed E-state index contributed by atoms with van der Waals surface area (Å²) in [6.07, 6.45) is 3.66. The van der Waals surface area contributed by atoms with E-state index < -0.39 is 15.9 Å². The minimum atomic E-state index is -3.83. The number of hydrogen-bond donors (Lipinski definition) is 1. The van der Waals surface area contributed by atoms with Gasteiger partial charge in [-0.15, -0.1) is 0 Å². The highest BCUT2D eigenvalue weighted by atomic mass is 32.2. The van der Waals surface area contributed by atoms with Crippen LogP contribution in [0.4, 0.5) is 0 Å². The molecular formula is C13H15N3O3S. The molecule has 0 atom stereocenters. The molecule has 0 unspecified atom stereocenters. The van der Waals surface area contributed by atoms with Gasteiger partial charge in [0.15, 0.2) is 5.03 Å². The van der Waals surface area contributed by atoms with Crippen LogP contribution >= 0.6 is 0 Å². The lowest BCUT2D eigenvalue weighted by Gasteiger charge is -2.16. The Morgan fingerprint density at radius 2 is 2.25 bits per heavy atom. The van der Waals surface area contributed by atoms with E-state index in [9.17, 15) is 13.2 Å². The largest absolute Gasteiger partial charge is 0.310 e. The van der Waals surface area contributed by atoms with E-state index in [1.165, 1.54) is 12.3 Å². The van der Waals surface area contributed by atoms with E-state index in [1.54, 1.807) is 6.07 Å². The zero-order valence-corrected chi connectivity index (χ0v) is 11.7. The van der Waals surface area contributed by atoms with Crippen LogP contribution < -0.4 is 5.32 Å². The van der Waals surface area contributed by atoms with Crippen molar-refractivity contribution in [2.45, 2.75) is 23.9 Å². The van der Waals surface area contributed by atoms with E-state index in [-0.39, 0.29) is 17.1 Å². The van der Waals surface area contributed by atoms with Crippen LogP contribution in [0.25, 0.3) is 0 Å². The Hall–Kier alpha value is -1.73. The third-order valence-corrected chi connectivity index (χ3v) is 5.04. The van der Waals surface area contributed by atoms with Gasteiger partial charge in [0, 0.05) is 18.8 Å². The fraction of sp³-hybridized carbons (Fsp3) is 0.385. The summed E-state index contributed by atoms with van der Waals surface area (Å²) >= 11 is 0. The molecule has 3 rings (SSSR count). The van der Waals surface area contributed by atoms with Gasteiger partial charge in [0.1, 0.15) is 0 Å². The number of fused-ring (bicyclic) bond motifs is 1. The molecule has 0 spiro atoms. The van der Waals surface area contributed by atoms with Crippen molar-refractivity contribution in [2.75, 3.05) is 13.1 Å². The Kier molecular flexibility index (Phi) is 3.10. The summed E-state index contributed by atoms with van der Waals surface area (Å²) in [5.41, 5.74) is 0.803. The third kappa shape index (κ3) is 2.23. The quantitative estimate of drug-likeness (QED) is 0.801. The van der Waals surface area contributed by atoms with Crippen molar-refractivity contribution >= 4 is 15.9 Å². The van der Waals surface area contributed by atoms with Gasteiger partial charge in [-0.25, -0.2) is 9.29 Å². The second-order valence-electron chi connectivity index (χ2n) is 5.08. The van der Waals surface area contributed by atoms with Crippen molar-refractivity contribution in [1.82, 2.24) is 14.6 Å². The predicted molar refractivity (Wildman–Crippen MR) is 72.6 cm³/mol. The molecule has 106 valence electrons. The van der Waals surface area contributed by atoms with Crippen molar-refractivity contribution in [2.24, 2.45) is 0 Å². The maximum atomic E-state index is 12.3. The summed E-state index contributed by atoms with van der Waals surface area (Å²) in [6.45, 7) is 4.36. The molecule has 2 heterocycles. The summed E-state index contributed by atoms with van der Waals surface area (Å²) in [4.78, 5) is 16.0. The number of amides is 1. The number of pyridine rings is 1. The van der Waals surface area contributed by atoms with Crippen molar-refractivity contribution < 1.29 is 13.2 Å². The van der Waals surface area contributed by atoms with Crippen molar-refractivity contribution in [3.8, 4) is 0 Å². The second kappa shape index (κ2) is 4.68. The summed E-state index contributed by atoms with van der Waals surface area (Å²) in [7, 11) is -3.83. The molecule has 1 N–H and O–H groups in total. The average molecular weight is 293 g/mol. The molecule has 0 saturated heterocycles. The monoisotopic (exact) mass is 293 g/mol. The Balaban J connectivity index is 1.77. The van der Waals surface area contributed by atoms with Crippen LogP contribution in [0.2, 0.25) is 0 Å². The van der Waals surface area contributed by atoms with Crippen LogP contribution in [0.3, 0.4) is 0 Å². The molecule has 1 aliphatic heterocycles. The van der Waals surface area contributed by atoms with Crippen LogP contribution in [0.1, 0.15) is 23.2 Å². The highest BCUT2D eigenvalue weighted by Crippen LogP contribution is 2.28. The topological polar surface area (TPSA) is 79.4 Å². The molecule has 1 fully saturated rings. The number of nitrogens with one attached hydrogen (secondary N) is 1. The van der Waals surface area contributed by atoms with Gasteiger partial charge in [-0.05, 0) is 30.5 Å². The predicted octanol–water partition coefficient (Wildman–Crippen LogP) is 0.534. The van der Waals surface area contributed by atoms with Crippen molar-refractivity contribution in [3.05, 3.63) is 36.0 Å². The lowest BCUT2D eigenvalue weighted by molar-refractivity contribution is 0.0878. The van der Waals surface area contributed by atoms with Gasteiger partial charge in [-0.1, -0.05) is 6.58 Å². The van der Waals surface area contributed by atoms with Gasteiger partial charge in [-0.2, -0.15) is 8.42 Å². The minimum absolute atomic E-state index is 0.00273. The maximum Gasteiger partial charge on any atom is 0.285 e. The standard InChI is InChI=1S/C13H15N3O3S/c1-9(7-15-10-4-5-10)8-16-13(17)11-3-2-6-14-12(11)20(16,18)19/h2-3,6,10,15H,1,4-5,7-8H2. The Morgan fingerprint density at radius 3 is 2.90 bits per heavy atom. The number of carbonyl (C=O) groups excluding carboxylic acids is 1. The van der Waals surface area contributed by atoms with Crippen LogP contribution in [0, 0.1) is 0 Å². The van der Waals surface area contributed by atoms with Gasteiger partial charge in [-0.3, -0.25) is 4.79 Å². The van der Waals surface area contributed by atoms with E-state index in [1.807, 2.05) is 0 Å². The zero-order valence-electron chi connectivity index (χ0n) is 10.9. The molecular weight excluding hydrogens is 278 g/mol. The molecule has 1 saturated carbocycles. The Bertz CT molecular complexity index is 680. The number of sulfonamides is 1. The van der Waals surface area contributed by atoms with Gasteiger partial charge in [0.2, 0.25) is 0 Å². The van der Waals surface area contributed by atoms with E-state index >= 15 is 0 Å². The Morgan fingerprint density at radius 1 is 1.50 bits per heavy atom. The molecule has 2 aliphatic rings. The molecule has 1 aromatic heterocycles. The smallest absolute Gasteiger partial charge is 0.285 e. The van der Waals surface area contributed by atoms with Crippen LogP contribution in [-0.2, 0) is 10.0 Å². The lowest BCUT2D eigenvalue weighted by Crippen LogP contribution is -2.34. The van der Waals surface area contributed by atoms with Crippen LogP contribution in [-0.4, -0.2) is 42.7 Å². The van der Waals surface area contributed by atoms with Crippen molar-refractivity contribution in [1.29, 1.82) is 0 Å². The van der Waals surface area contributed by atoms with Gasteiger partial charge in [0.05, 0.1) is 12.1 Å². The van der Waals surface area contributed by atoms with E-state index in [0.29, 0.717) is 18.2 Å². The molecule has 0 radical (unpaired) electrons. The fourth-order valence-electron chi connectivity index (χ4n) is 2.10. The molecule has 0 bridgehead atoms. The van der Waals surface area contributed by atoms with Gasteiger partial charge in [0.25, 0.3) is 15.9 Å². The normalized spacial score (nSPS) is 20.0. The molecule has 1 aliphatic carbocycles. The number of rotatable bonds is 5. The lowest BCUT2D eigenvalue weighted by atomic mass is 10.2. The summed E-state index contributed by atoms with van der Waals surface area (Å²) in [6, 6.07) is 3.55. The molecule has 20 heavy (non-hydrogen) atoms. The fourth-order valence-corrected chi connectivity index (χ4v) is 3.60. The number of aromatic nitrogens is 1. The van der Waals surface area contributed by atoms with E-state index in [2.05, 4.69) is 16.9 Å². The van der Waals surface area contributed by atoms with E-state index in [0.717, 1.165) is 17.1 Å². The van der Waals surface area contributed by atoms with Crippen LogP contribution in [0.5, 0.6) is 0 Å². The second-order valence-corrected chi connectivity index (χ2v) is 6.86. The first kappa shape index (κ1) is 13.3. The molecule has 6 nitrogen and oxygen atoms in total. The zero-order chi connectivity index (χ0) is 14.3. The van der Waals surface area contributed by atoms with Gasteiger partial charge >= 0.3 is 0 Å². The highest BCUT2D eigenvalue weighted by molar-refractivity contribution is 7.90. The first-order valence-corrected chi connectivity index (χ1v) is 7.86. The highest BCUT2D eigenvalue weighted by Gasteiger charge is 2.42. The molecule has 1 amide bonds. The SMILES string of the molecule is C=C(CNC1CC1)CN1C(=O)c2cccnc2S1(=O)=O. The summed E-state index contributed by atoms with van der Waals surface area (Å²) in [5, 5.41) is 3.09. The molecule has 1 aromatic rings. The first-order valence-electron chi connectivity index (χ1n) is 6.42. The summed E-state index contributed by atoms with van der Waals surface area (Å²) in [5.74, 6) is -0.527. The number of nitrogens with zero attached hydrogens (tertiary/aromatic N) is 2. The van der Waals surface area contributed by atoms with Crippen molar-refractivity contribution in [3.63, 3.8) is 0 Å². The van der Waals surface area contributed by atoms with Gasteiger partial charge < -0.3 is 5.32 Å². The maximum absolute atomic E-state index is 12.3. The summed E-state index contributed by atoms with van der Waals surface area (Å²) < 4.78 is 25.4. The molecule has 0 aromatic carbocycles. The number of carbonyl (C=O) groups is 1. The average Bonchev–Trinajstić information content (AvgIpc) is 3.23. The Labute approximate surface area is 117 Å². The minimum Gasteiger partial charge on any atom is -0.310 e. The molecule has 7 heteroatoms. The number of hydrogen-bond acceptors (Lipinski definition) is 5. The first-order chi connectivity index (χ1) is 9.50. The third-order valence-electron chi connectivity index (χ3n) is 3.35. The van der Waals surface area contributed by atoms with Crippen LogP contribution in [0.15, 0.2) is 35.5 Å².